The van der Waals surface area contributed by atoms with Crippen LogP contribution in [0.5, 0.6) is 0 Å². The fraction of sp³-hybridized carbons (Fsp3) is 0.385. The van der Waals surface area contributed by atoms with Crippen LogP contribution in [0.2, 0.25) is 5.02 Å². The first-order valence-corrected chi connectivity index (χ1v) is 6.11. The van der Waals surface area contributed by atoms with E-state index in [0.29, 0.717) is 36.6 Å². The fourth-order valence-electron chi connectivity index (χ4n) is 1.91. The lowest BCUT2D eigenvalue weighted by Gasteiger charge is -2.31. The van der Waals surface area contributed by atoms with Crippen molar-refractivity contribution < 1.29 is 9.53 Å². The summed E-state index contributed by atoms with van der Waals surface area (Å²) in [5.41, 5.74) is -0.450. The van der Waals surface area contributed by atoms with Gasteiger partial charge in [-0.15, -0.1) is 0 Å². The minimum atomic E-state index is -0.839. The number of nitrogens with zero attached hydrogens (tertiary/aromatic N) is 1. The van der Waals surface area contributed by atoms with Crippen LogP contribution in [0.1, 0.15) is 23.2 Å². The van der Waals surface area contributed by atoms with E-state index in [2.05, 4.69) is 11.4 Å². The zero-order chi connectivity index (χ0) is 13.0. The fourth-order valence-corrected chi connectivity index (χ4v) is 2.14. The zero-order valence-electron chi connectivity index (χ0n) is 9.78. The molecule has 1 heterocycles. The molecule has 1 fully saturated rings. The van der Waals surface area contributed by atoms with Crippen LogP contribution in [0.4, 0.5) is 0 Å². The molecule has 0 bridgehead atoms. The van der Waals surface area contributed by atoms with Crippen molar-refractivity contribution in [3.05, 3.63) is 34.9 Å². The van der Waals surface area contributed by atoms with E-state index in [1.165, 1.54) is 0 Å². The van der Waals surface area contributed by atoms with Crippen molar-refractivity contribution in [3.63, 3.8) is 0 Å². The number of nitrogens with one attached hydrogen (secondary N) is 1. The summed E-state index contributed by atoms with van der Waals surface area (Å²) >= 11 is 5.96. The minimum Gasteiger partial charge on any atom is -0.381 e. The van der Waals surface area contributed by atoms with Crippen LogP contribution in [-0.4, -0.2) is 24.7 Å². The lowest BCUT2D eigenvalue weighted by molar-refractivity contribution is 0.0531. The molecule has 94 valence electrons. The van der Waals surface area contributed by atoms with Crippen molar-refractivity contribution >= 4 is 17.5 Å². The van der Waals surface area contributed by atoms with Gasteiger partial charge in [0.25, 0.3) is 5.91 Å². The van der Waals surface area contributed by atoms with Gasteiger partial charge >= 0.3 is 0 Å². The first kappa shape index (κ1) is 12.9. The van der Waals surface area contributed by atoms with Gasteiger partial charge in [-0.2, -0.15) is 5.26 Å². The molecule has 2 rings (SSSR count). The molecule has 1 aromatic carbocycles. The number of benzene rings is 1. The maximum absolute atomic E-state index is 12.1. The molecule has 0 saturated carbocycles. The number of halogens is 1. The Morgan fingerprint density at radius 3 is 2.67 bits per heavy atom. The van der Waals surface area contributed by atoms with Gasteiger partial charge in [0.2, 0.25) is 0 Å². The van der Waals surface area contributed by atoms with Crippen LogP contribution >= 0.6 is 11.6 Å². The highest BCUT2D eigenvalue weighted by Crippen LogP contribution is 2.22. The van der Waals surface area contributed by atoms with Crippen molar-refractivity contribution in [2.45, 2.75) is 18.4 Å². The van der Waals surface area contributed by atoms with Crippen LogP contribution in [0.25, 0.3) is 0 Å². The smallest absolute Gasteiger partial charge is 0.254 e. The van der Waals surface area contributed by atoms with Gasteiger partial charge in [0.15, 0.2) is 0 Å². The van der Waals surface area contributed by atoms with Crippen LogP contribution in [0.15, 0.2) is 24.3 Å². The van der Waals surface area contributed by atoms with E-state index in [0.717, 1.165) is 0 Å². The van der Waals surface area contributed by atoms with E-state index in [-0.39, 0.29) is 5.91 Å². The monoisotopic (exact) mass is 264 g/mol. The van der Waals surface area contributed by atoms with E-state index >= 15 is 0 Å². The molecule has 1 N–H and O–H groups in total. The Morgan fingerprint density at radius 1 is 1.39 bits per heavy atom. The Morgan fingerprint density at radius 2 is 2.06 bits per heavy atom. The Labute approximate surface area is 111 Å². The number of carbonyl (C=O) groups excluding carboxylic acids is 1. The van der Waals surface area contributed by atoms with Crippen molar-refractivity contribution in [1.82, 2.24) is 5.32 Å². The number of hydrogen-bond donors (Lipinski definition) is 1. The summed E-state index contributed by atoms with van der Waals surface area (Å²) < 4.78 is 5.21. The number of hydrogen-bond acceptors (Lipinski definition) is 3. The molecule has 18 heavy (non-hydrogen) atoms. The molecule has 0 aromatic heterocycles. The van der Waals surface area contributed by atoms with E-state index in [9.17, 15) is 10.1 Å². The highest BCUT2D eigenvalue weighted by molar-refractivity contribution is 6.33. The van der Waals surface area contributed by atoms with Gasteiger partial charge in [-0.05, 0) is 12.1 Å². The summed E-state index contributed by atoms with van der Waals surface area (Å²) in [6.45, 7) is 0.965. The summed E-state index contributed by atoms with van der Waals surface area (Å²) in [7, 11) is 0. The molecule has 1 amide bonds. The predicted octanol–water partition coefficient (Wildman–Crippen LogP) is 2.14. The maximum atomic E-state index is 12.1. The molecule has 0 spiro atoms. The maximum Gasteiger partial charge on any atom is 0.254 e. The molecule has 0 aliphatic carbocycles. The third-order valence-corrected chi connectivity index (χ3v) is 3.36. The summed E-state index contributed by atoms with van der Waals surface area (Å²) in [6.07, 6.45) is 0.999. The molecule has 4 nitrogen and oxygen atoms in total. The number of carbonyl (C=O) groups is 1. The largest absolute Gasteiger partial charge is 0.381 e. The second-order valence-electron chi connectivity index (χ2n) is 4.24. The third kappa shape index (κ3) is 2.63. The molecular formula is C13H13ClN2O2. The Kier molecular flexibility index (Phi) is 3.85. The molecule has 0 unspecified atom stereocenters. The Bertz CT molecular complexity index is 490. The van der Waals surface area contributed by atoms with Crippen LogP contribution in [-0.2, 0) is 4.74 Å². The van der Waals surface area contributed by atoms with Crippen molar-refractivity contribution in [3.8, 4) is 6.07 Å². The van der Waals surface area contributed by atoms with Gasteiger partial charge < -0.3 is 10.1 Å². The molecule has 1 saturated heterocycles. The molecular weight excluding hydrogens is 252 g/mol. The molecule has 1 aliphatic heterocycles. The Balaban J connectivity index is 2.16. The Hall–Kier alpha value is -1.57. The highest BCUT2D eigenvalue weighted by Gasteiger charge is 2.34. The SMILES string of the molecule is N#CC1(NC(=O)c2ccccc2Cl)CCOCC1. The average molecular weight is 265 g/mol. The average Bonchev–Trinajstić information content (AvgIpc) is 2.40. The van der Waals surface area contributed by atoms with Crippen molar-refractivity contribution in [1.29, 1.82) is 5.26 Å². The molecule has 0 radical (unpaired) electrons. The number of amides is 1. The third-order valence-electron chi connectivity index (χ3n) is 3.03. The van der Waals surface area contributed by atoms with Crippen LogP contribution < -0.4 is 5.32 Å². The van der Waals surface area contributed by atoms with Gasteiger partial charge in [0.05, 0.1) is 16.7 Å². The van der Waals surface area contributed by atoms with Gasteiger partial charge in [-0.25, -0.2) is 0 Å². The molecule has 1 aromatic rings. The van der Waals surface area contributed by atoms with E-state index in [1.54, 1.807) is 24.3 Å². The second kappa shape index (κ2) is 5.38. The van der Waals surface area contributed by atoms with Gasteiger partial charge in [0, 0.05) is 26.1 Å². The topological polar surface area (TPSA) is 62.1 Å². The van der Waals surface area contributed by atoms with Gasteiger partial charge in [-0.1, -0.05) is 23.7 Å². The second-order valence-corrected chi connectivity index (χ2v) is 4.65. The summed E-state index contributed by atoms with van der Waals surface area (Å²) in [5, 5.41) is 12.4. The first-order valence-electron chi connectivity index (χ1n) is 5.73. The number of ether oxygens (including phenoxy) is 1. The van der Waals surface area contributed by atoms with Gasteiger partial charge in [0.1, 0.15) is 5.54 Å². The lowest BCUT2D eigenvalue weighted by Crippen LogP contribution is -2.51. The first-order chi connectivity index (χ1) is 8.67. The molecule has 0 atom stereocenters. The van der Waals surface area contributed by atoms with E-state index in [4.69, 9.17) is 16.3 Å². The number of nitriles is 1. The summed E-state index contributed by atoms with van der Waals surface area (Å²) in [4.78, 5) is 12.1. The minimum absolute atomic E-state index is 0.316. The predicted molar refractivity (Wildman–Crippen MR) is 67.3 cm³/mol. The zero-order valence-corrected chi connectivity index (χ0v) is 10.5. The van der Waals surface area contributed by atoms with Crippen LogP contribution in [0.3, 0.4) is 0 Å². The standard InChI is InChI=1S/C13H13ClN2O2/c14-11-4-2-1-3-10(11)12(17)16-13(9-15)5-7-18-8-6-13/h1-4H,5-8H2,(H,16,17). The van der Waals surface area contributed by atoms with Crippen molar-refractivity contribution in [2.24, 2.45) is 0 Å². The van der Waals surface area contributed by atoms with Crippen molar-refractivity contribution in [2.75, 3.05) is 13.2 Å². The van der Waals surface area contributed by atoms with Crippen LogP contribution in [0, 0.1) is 11.3 Å². The van der Waals surface area contributed by atoms with E-state index in [1.807, 2.05) is 0 Å². The normalized spacial score (nSPS) is 17.8. The highest BCUT2D eigenvalue weighted by atomic mass is 35.5. The molecule has 5 heteroatoms. The number of rotatable bonds is 2. The van der Waals surface area contributed by atoms with E-state index < -0.39 is 5.54 Å². The van der Waals surface area contributed by atoms with Gasteiger partial charge in [-0.3, -0.25) is 4.79 Å². The summed E-state index contributed by atoms with van der Waals surface area (Å²) in [5.74, 6) is -0.316. The lowest BCUT2D eigenvalue weighted by atomic mass is 9.91. The quantitative estimate of drug-likeness (QED) is 0.890. The summed E-state index contributed by atoms with van der Waals surface area (Å²) in [6, 6.07) is 8.97. The molecule has 1 aliphatic rings.